The molecule has 2 heteroatoms. The highest BCUT2D eigenvalue weighted by Crippen LogP contribution is 2.66. The zero-order valence-corrected chi connectivity index (χ0v) is 18.6. The zero-order valence-electron chi connectivity index (χ0n) is 18.6. The van der Waals surface area contributed by atoms with Gasteiger partial charge in [-0.15, -0.1) is 0 Å². The van der Waals surface area contributed by atoms with E-state index in [4.69, 9.17) is 0 Å². The van der Waals surface area contributed by atoms with Crippen LogP contribution in [0.25, 0.3) is 0 Å². The molecule has 0 bridgehead atoms. The van der Waals surface area contributed by atoms with Crippen LogP contribution in [0.4, 0.5) is 0 Å². The molecule has 0 radical (unpaired) electrons. The van der Waals surface area contributed by atoms with E-state index in [0.29, 0.717) is 47.2 Å². The summed E-state index contributed by atoms with van der Waals surface area (Å²) in [5.41, 5.74) is 1.69. The van der Waals surface area contributed by atoms with Crippen LogP contribution in [0.1, 0.15) is 79.6 Å². The molecule has 3 fully saturated rings. The predicted molar refractivity (Wildman–Crippen MR) is 115 cm³/mol. The zero-order chi connectivity index (χ0) is 20.3. The van der Waals surface area contributed by atoms with Crippen LogP contribution in [0.5, 0.6) is 0 Å². The van der Waals surface area contributed by atoms with Gasteiger partial charge in [0.2, 0.25) is 0 Å². The van der Waals surface area contributed by atoms with Crippen molar-refractivity contribution in [2.24, 2.45) is 46.3 Å². The van der Waals surface area contributed by atoms with Gasteiger partial charge < -0.3 is 5.11 Å². The Hall–Kier alpha value is -0.890. The summed E-state index contributed by atoms with van der Waals surface area (Å²) >= 11 is 0. The maximum Gasteiger partial charge on any atom is 0.159 e. The van der Waals surface area contributed by atoms with E-state index in [9.17, 15) is 9.90 Å². The van der Waals surface area contributed by atoms with Crippen LogP contribution < -0.4 is 0 Å². The lowest BCUT2D eigenvalue weighted by Crippen LogP contribution is -2.53. The normalized spacial score (nSPS) is 46.9. The largest absolute Gasteiger partial charge is 0.393 e. The molecule has 0 aromatic rings. The van der Waals surface area contributed by atoms with Crippen molar-refractivity contribution in [2.75, 3.05) is 0 Å². The number of hydrogen-bond acceptors (Lipinski definition) is 2. The molecule has 0 aromatic carbocycles. The van der Waals surface area contributed by atoms with Crippen molar-refractivity contribution in [2.45, 2.75) is 85.7 Å². The first-order chi connectivity index (χ1) is 13.2. The minimum Gasteiger partial charge on any atom is -0.393 e. The van der Waals surface area contributed by atoms with Crippen molar-refractivity contribution in [1.29, 1.82) is 0 Å². The van der Waals surface area contributed by atoms with Gasteiger partial charge in [0, 0.05) is 5.92 Å². The summed E-state index contributed by atoms with van der Waals surface area (Å²) in [6, 6.07) is 0. The molecule has 2 nitrogen and oxygen atoms in total. The fraction of sp³-hybridized carbons (Fsp3) is 0.808. The molecule has 3 saturated carbocycles. The summed E-state index contributed by atoms with van der Waals surface area (Å²) in [6.45, 7) is 11.8. The molecule has 4 rings (SSSR count). The molecular weight excluding hydrogens is 344 g/mol. The van der Waals surface area contributed by atoms with Gasteiger partial charge in [-0.1, -0.05) is 52.3 Å². The second-order valence-electron chi connectivity index (χ2n) is 11.3. The maximum atomic E-state index is 13.3. The molecule has 0 amide bonds. The highest BCUT2D eigenvalue weighted by molar-refractivity contribution is 5.94. The number of allylic oxidation sites excluding steroid dienone is 3. The van der Waals surface area contributed by atoms with Crippen molar-refractivity contribution >= 4 is 5.78 Å². The van der Waals surface area contributed by atoms with Crippen molar-refractivity contribution < 1.29 is 9.90 Å². The van der Waals surface area contributed by atoms with Crippen LogP contribution in [0, 0.1) is 46.3 Å². The third kappa shape index (κ3) is 3.06. The summed E-state index contributed by atoms with van der Waals surface area (Å²) in [4.78, 5) is 13.3. The highest BCUT2D eigenvalue weighted by atomic mass is 16.3. The first-order valence-electron chi connectivity index (χ1n) is 11.8. The molecule has 0 spiro atoms. The van der Waals surface area contributed by atoms with Crippen molar-refractivity contribution in [3.8, 4) is 0 Å². The van der Waals surface area contributed by atoms with E-state index >= 15 is 0 Å². The van der Waals surface area contributed by atoms with Crippen LogP contribution in [-0.2, 0) is 4.79 Å². The average molecular weight is 385 g/mol. The minimum absolute atomic E-state index is 0.139. The Morgan fingerprint density at radius 2 is 1.79 bits per heavy atom. The standard InChI is InChI=1S/C26H40O2/c1-16(2)6-7-17(3)20-8-9-21-24-22(11-13-26(20,21)5)25(4)12-10-19(27)14-18(25)15-23(24)28/h6-7,15-17,19-22,24,27H,8-14H2,1-5H3/b7-6+/t17-,19+,20-,21?,22?,24?,25+,26-/m1/s1. The van der Waals surface area contributed by atoms with Crippen LogP contribution in [0.3, 0.4) is 0 Å². The minimum atomic E-state index is -0.248. The second-order valence-corrected chi connectivity index (χ2v) is 11.3. The van der Waals surface area contributed by atoms with Crippen LogP contribution in [0.2, 0.25) is 0 Å². The molecule has 28 heavy (non-hydrogen) atoms. The van der Waals surface area contributed by atoms with Crippen molar-refractivity contribution in [3.05, 3.63) is 23.8 Å². The van der Waals surface area contributed by atoms with E-state index in [1.54, 1.807) is 0 Å². The quantitative estimate of drug-likeness (QED) is 0.610. The maximum absolute atomic E-state index is 13.3. The van der Waals surface area contributed by atoms with Crippen LogP contribution >= 0.6 is 0 Å². The topological polar surface area (TPSA) is 37.3 Å². The third-order valence-corrected chi connectivity index (χ3v) is 9.43. The molecule has 156 valence electrons. The van der Waals surface area contributed by atoms with Crippen LogP contribution in [-0.4, -0.2) is 17.0 Å². The first-order valence-corrected chi connectivity index (χ1v) is 11.8. The first kappa shape index (κ1) is 20.4. The van der Waals surface area contributed by atoms with Gasteiger partial charge in [-0.05, 0) is 91.4 Å². The number of hydrogen-bond donors (Lipinski definition) is 1. The molecule has 4 aliphatic rings. The van der Waals surface area contributed by atoms with Crippen LogP contribution in [0.15, 0.2) is 23.8 Å². The number of carbonyl (C=O) groups excluding carboxylic acids is 1. The molecule has 1 N–H and O–H groups in total. The van der Waals surface area contributed by atoms with Gasteiger partial charge in [0.25, 0.3) is 0 Å². The lowest BCUT2D eigenvalue weighted by molar-refractivity contribution is -0.134. The predicted octanol–water partition coefficient (Wildman–Crippen LogP) is 5.95. The highest BCUT2D eigenvalue weighted by Gasteiger charge is 2.61. The fourth-order valence-electron chi connectivity index (χ4n) is 7.82. The van der Waals surface area contributed by atoms with E-state index in [1.165, 1.54) is 31.3 Å². The Morgan fingerprint density at radius 3 is 2.50 bits per heavy atom. The van der Waals surface area contributed by atoms with Gasteiger partial charge in [0.05, 0.1) is 6.10 Å². The molecule has 0 aliphatic heterocycles. The summed E-state index contributed by atoms with van der Waals surface area (Å²) in [5.74, 6) is 3.54. The lowest BCUT2D eigenvalue weighted by atomic mass is 9.46. The van der Waals surface area contributed by atoms with E-state index in [1.807, 2.05) is 6.08 Å². The molecule has 8 atom stereocenters. The molecular formula is C26H40O2. The van der Waals surface area contributed by atoms with E-state index < -0.39 is 0 Å². The average Bonchev–Trinajstić information content (AvgIpc) is 2.98. The Bertz CT molecular complexity index is 689. The number of aliphatic hydroxyl groups excluding tert-OH is 1. The number of aliphatic hydroxyl groups is 1. The Kier molecular flexibility index (Phi) is 5.18. The number of fused-ring (bicyclic) bond motifs is 5. The monoisotopic (exact) mass is 384 g/mol. The molecule has 3 unspecified atom stereocenters. The van der Waals surface area contributed by atoms with Gasteiger partial charge in [-0.3, -0.25) is 4.79 Å². The number of ketones is 1. The molecule has 4 aliphatic carbocycles. The van der Waals surface area contributed by atoms with Gasteiger partial charge >= 0.3 is 0 Å². The van der Waals surface area contributed by atoms with E-state index in [0.717, 1.165) is 12.8 Å². The van der Waals surface area contributed by atoms with E-state index in [2.05, 4.69) is 46.8 Å². The fourth-order valence-corrected chi connectivity index (χ4v) is 7.82. The van der Waals surface area contributed by atoms with Gasteiger partial charge in [-0.25, -0.2) is 0 Å². The third-order valence-electron chi connectivity index (χ3n) is 9.43. The molecule has 0 heterocycles. The van der Waals surface area contributed by atoms with E-state index in [-0.39, 0.29) is 17.4 Å². The van der Waals surface area contributed by atoms with Crippen molar-refractivity contribution in [1.82, 2.24) is 0 Å². The summed E-state index contributed by atoms with van der Waals surface area (Å²) < 4.78 is 0. The Balaban J connectivity index is 1.63. The number of rotatable bonds is 3. The summed E-state index contributed by atoms with van der Waals surface area (Å²) in [7, 11) is 0. The van der Waals surface area contributed by atoms with Gasteiger partial charge in [-0.2, -0.15) is 0 Å². The molecule has 0 aromatic heterocycles. The Labute approximate surface area is 171 Å². The summed E-state index contributed by atoms with van der Waals surface area (Å²) in [5, 5.41) is 10.2. The smallest absolute Gasteiger partial charge is 0.159 e. The van der Waals surface area contributed by atoms with Gasteiger partial charge in [0.1, 0.15) is 0 Å². The van der Waals surface area contributed by atoms with Gasteiger partial charge in [0.15, 0.2) is 5.78 Å². The SMILES string of the molecule is CC(C)/C=C/[C@@H](C)[C@H]1CCC2C3C(=O)C=C4C[C@@H](O)CC[C@]4(C)C3CC[C@@]21C. The summed E-state index contributed by atoms with van der Waals surface area (Å²) in [6.07, 6.45) is 14.1. The molecule has 0 saturated heterocycles. The Morgan fingerprint density at radius 1 is 1.04 bits per heavy atom. The lowest BCUT2D eigenvalue weighted by Gasteiger charge is -2.57. The number of carbonyl (C=O) groups is 1. The van der Waals surface area contributed by atoms with Crippen molar-refractivity contribution in [3.63, 3.8) is 0 Å². The second kappa shape index (κ2) is 7.11.